The minimum absolute atomic E-state index is 0. The normalized spacial score (nSPS) is 16.9. The summed E-state index contributed by atoms with van der Waals surface area (Å²) in [6.45, 7) is 39.8. The van der Waals surface area contributed by atoms with E-state index in [1.165, 1.54) is 0 Å². The van der Waals surface area contributed by atoms with Crippen LogP contribution in [-0.2, 0) is 31.0 Å². The molecule has 0 spiro atoms. The molecular weight excluding hydrogens is 1110 g/mol. The molecule has 0 aromatic carbocycles. The van der Waals surface area contributed by atoms with Crippen LogP contribution in [0.4, 0.5) is 11.5 Å². The molecule has 0 saturated heterocycles. The van der Waals surface area contributed by atoms with Gasteiger partial charge in [-0.05, 0) is 117 Å². The summed E-state index contributed by atoms with van der Waals surface area (Å²) >= 11 is 0. The summed E-state index contributed by atoms with van der Waals surface area (Å²) in [5, 5.41) is 8.56. The number of nitrogens with two attached hydrogens (primary N) is 2. The summed E-state index contributed by atoms with van der Waals surface area (Å²) in [6.07, 6.45) is 12.4. The number of imidazole rings is 4. The maximum absolute atomic E-state index is 11.7. The Bertz CT molecular complexity index is 4060. The lowest BCUT2D eigenvalue weighted by molar-refractivity contribution is -0.129. The van der Waals surface area contributed by atoms with Gasteiger partial charge >= 0.3 is 5.69 Å². The van der Waals surface area contributed by atoms with E-state index in [-0.39, 0.29) is 83.4 Å². The highest BCUT2D eigenvalue weighted by Gasteiger charge is 2.39. The van der Waals surface area contributed by atoms with Gasteiger partial charge in [-0.25, -0.2) is 39.7 Å². The number of aromatic amines is 3. The number of amides is 2. The number of aromatic nitrogens is 13. The Kier molecular flexibility index (Phi) is 19.7. The van der Waals surface area contributed by atoms with Crippen molar-refractivity contribution in [2.24, 2.45) is 20.7 Å². The fraction of sp³-hybridized carbons (Fsp3) is 0.466. The monoisotopic (exact) mass is 1200 g/mol. The van der Waals surface area contributed by atoms with Gasteiger partial charge in [-0.1, -0.05) is 20.6 Å². The summed E-state index contributed by atoms with van der Waals surface area (Å²) < 4.78 is 7.70. The van der Waals surface area contributed by atoms with Gasteiger partial charge in [0.15, 0.2) is 46.2 Å². The molecule has 5 aliphatic heterocycles. The largest absolute Gasteiger partial charge is 0.397 e. The number of aliphatic imine (C=N–C) groups is 3. The Morgan fingerprint density at radius 3 is 1.87 bits per heavy atom. The molecular formula is C58H83N23O6. The van der Waals surface area contributed by atoms with E-state index in [1.807, 2.05) is 67.1 Å². The number of pyridine rings is 1. The fourth-order valence-electron chi connectivity index (χ4n) is 9.33. The summed E-state index contributed by atoms with van der Waals surface area (Å²) in [6, 6.07) is 2.06. The minimum Gasteiger partial charge on any atom is -0.397 e. The van der Waals surface area contributed by atoms with E-state index in [1.54, 1.807) is 66.5 Å². The Morgan fingerprint density at radius 1 is 0.667 bits per heavy atom. The van der Waals surface area contributed by atoms with Gasteiger partial charge in [-0.2, -0.15) is 0 Å². The lowest BCUT2D eigenvalue weighted by atomic mass is 10.1. The number of nitrogen functional groups attached to an aromatic ring is 1. The van der Waals surface area contributed by atoms with Crippen molar-refractivity contribution in [3.8, 4) is 0 Å². The van der Waals surface area contributed by atoms with Crippen LogP contribution in [0.25, 0.3) is 33.5 Å². The number of carbonyl (C=O) groups is 3. The lowest BCUT2D eigenvalue weighted by Crippen LogP contribution is -2.44. The SMILES string of the molecule is C.C=C1N=C(N)c2ncn(C(C)(C)C)c2N1.C=C1NC(=O)C2=C(N1)N(C(C)C)C(=O)C2.CC(C)(C)n1cnc2c(N)ccnc21.CC(C)N1C=NC2C(=O)CC=NC21.CC(C)n1cnc2c(=O)[nH]c(=O)[nH]c21.Cc1nc2c(ncn2C(C)(C)C)c(=O)[nH]1. The van der Waals surface area contributed by atoms with E-state index in [0.717, 1.165) is 17.0 Å². The number of hydrogen-bond acceptors (Lipinski definition) is 20. The van der Waals surface area contributed by atoms with E-state index in [4.69, 9.17) is 11.5 Å². The van der Waals surface area contributed by atoms with Crippen LogP contribution < -0.4 is 44.2 Å². The molecule has 12 rings (SSSR count). The topological polar surface area (TPSA) is 379 Å². The molecule has 10 N–H and O–H groups in total. The van der Waals surface area contributed by atoms with Crippen LogP contribution in [0.5, 0.6) is 0 Å². The number of carbonyl (C=O) groups excluding carboxylic acids is 3. The number of nitrogens with one attached hydrogen (secondary N) is 6. The summed E-state index contributed by atoms with van der Waals surface area (Å²) in [5.74, 6) is 3.33. The Hall–Kier alpha value is -9.83. The number of ketones is 1. The fourth-order valence-corrected chi connectivity index (χ4v) is 9.33. The molecule has 5 aliphatic rings. The Morgan fingerprint density at radius 2 is 1.26 bits per heavy atom. The van der Waals surface area contributed by atoms with Crippen molar-refractivity contribution in [2.75, 3.05) is 11.1 Å². The molecule has 29 heteroatoms. The molecule has 0 fully saturated rings. The van der Waals surface area contributed by atoms with Crippen molar-refractivity contribution >= 4 is 81.0 Å². The predicted molar refractivity (Wildman–Crippen MR) is 339 cm³/mol. The van der Waals surface area contributed by atoms with Crippen LogP contribution in [0.3, 0.4) is 0 Å². The number of Topliss-reactive ketones (excluding diaryl/α,β-unsaturated/α-hetero) is 1. The average Bonchev–Trinajstić information content (AvgIpc) is 2.32. The third-order valence-corrected chi connectivity index (χ3v) is 13.6. The number of anilines is 2. The molecule has 466 valence electrons. The van der Waals surface area contributed by atoms with E-state index >= 15 is 0 Å². The zero-order valence-electron chi connectivity index (χ0n) is 51.6. The second-order valence-electron chi connectivity index (χ2n) is 24.5. The van der Waals surface area contributed by atoms with Crippen molar-refractivity contribution in [1.29, 1.82) is 0 Å². The summed E-state index contributed by atoms with van der Waals surface area (Å²) in [5.41, 5.74) is 15.5. The maximum atomic E-state index is 11.7. The second kappa shape index (κ2) is 25.8. The van der Waals surface area contributed by atoms with Gasteiger partial charge in [-0.15, -0.1) is 0 Å². The molecule has 7 aromatic heterocycles. The van der Waals surface area contributed by atoms with Crippen molar-refractivity contribution < 1.29 is 14.4 Å². The second-order valence-corrected chi connectivity index (χ2v) is 24.5. The maximum Gasteiger partial charge on any atom is 0.327 e. The van der Waals surface area contributed by atoms with E-state index in [9.17, 15) is 28.8 Å². The predicted octanol–water partition coefficient (Wildman–Crippen LogP) is 5.33. The molecule has 12 heterocycles. The van der Waals surface area contributed by atoms with E-state index in [2.05, 4.69) is 144 Å². The van der Waals surface area contributed by atoms with Crippen LogP contribution in [-0.4, -0.2) is 133 Å². The van der Waals surface area contributed by atoms with Gasteiger partial charge < -0.3 is 55.6 Å². The number of aryl methyl sites for hydroxylation is 1. The zero-order chi connectivity index (χ0) is 63.7. The number of nitrogens with zero attached hydrogens (tertiary/aromatic N) is 15. The molecule has 87 heavy (non-hydrogen) atoms. The van der Waals surface area contributed by atoms with Crippen molar-refractivity contribution in [1.82, 2.24) is 83.6 Å². The average molecular weight is 1200 g/mol. The lowest BCUT2D eigenvalue weighted by Gasteiger charge is -2.28. The number of fused-ring (bicyclic) bond motifs is 5. The van der Waals surface area contributed by atoms with E-state index in [0.29, 0.717) is 75.4 Å². The first-order valence-corrected chi connectivity index (χ1v) is 27.9. The number of hydrogen-bond donors (Lipinski definition) is 8. The molecule has 29 nitrogen and oxygen atoms in total. The highest BCUT2D eigenvalue weighted by atomic mass is 16.2. The first kappa shape index (κ1) is 66.3. The van der Waals surface area contributed by atoms with Gasteiger partial charge in [0.05, 0.1) is 49.3 Å². The highest BCUT2D eigenvalue weighted by Crippen LogP contribution is 2.30. The number of rotatable bonds is 3. The molecule has 0 aliphatic carbocycles. The summed E-state index contributed by atoms with van der Waals surface area (Å²) in [4.78, 5) is 117. The Labute approximate surface area is 503 Å². The van der Waals surface area contributed by atoms with Crippen LogP contribution in [0.2, 0.25) is 0 Å². The molecule has 7 aromatic rings. The third kappa shape index (κ3) is 14.6. The number of H-pyrrole nitrogens is 3. The van der Waals surface area contributed by atoms with Crippen molar-refractivity contribution in [3.63, 3.8) is 0 Å². The molecule has 2 unspecified atom stereocenters. The van der Waals surface area contributed by atoms with Crippen molar-refractivity contribution in [2.45, 2.75) is 178 Å². The van der Waals surface area contributed by atoms with Gasteiger partial charge in [-0.3, -0.25) is 48.8 Å². The minimum atomic E-state index is -0.509. The molecule has 0 bridgehead atoms. The smallest absolute Gasteiger partial charge is 0.327 e. The van der Waals surface area contributed by atoms with Gasteiger partial charge in [0, 0.05) is 53.6 Å². The van der Waals surface area contributed by atoms with Crippen LogP contribution in [0.15, 0.2) is 103 Å². The standard InChI is InChI=1S/C10H15N5.C10H14N4O.C10H14N4.C10H13N3O2.C9H13N3O.C8H10N4O2.CH4/c1-6-13-8(11)7-9(14-6)15(5-12-7)10(2,3)4;1-6-12-8-7(9(15)13-6)11-5-14(8)10(2,3)4;1-10(2,3)14-6-13-8-7(11)4-5-12-9(8)14;1-5(2)13-8(14)4-7-9(13)11-6(3)12-10(7)15;1-6(2)12-5-11-8-7(13)3-4-10-9(8)12;1-4(2)12-3-9-5-6(12)10-8(14)11-7(5)13;/h5,14H,1H2,2-4H3,(H2,11,13);5H,1-4H3,(H,12,13,15);4-6H,1-3H3,(H2,11,12);5,11H,3-4H2,1-2H3,(H,12,15);4-6,8-9H,3H2,1-2H3;3-4H,1-2H3,(H2,10,11,13,14);1H4. The Balaban J connectivity index is 0.000000166. The first-order chi connectivity index (χ1) is 40.1. The van der Waals surface area contributed by atoms with Crippen LogP contribution in [0.1, 0.15) is 142 Å². The van der Waals surface area contributed by atoms with Gasteiger partial charge in [0.25, 0.3) is 17.0 Å². The molecule has 0 radical (unpaired) electrons. The third-order valence-electron chi connectivity index (χ3n) is 13.6. The molecule has 2 atom stereocenters. The van der Waals surface area contributed by atoms with Gasteiger partial charge in [0.2, 0.25) is 5.91 Å². The quantitative estimate of drug-likeness (QED) is 0.111. The highest BCUT2D eigenvalue weighted by molar-refractivity contribution is 6.05. The molecule has 2 amide bonds. The zero-order valence-corrected chi connectivity index (χ0v) is 51.6. The van der Waals surface area contributed by atoms with Crippen LogP contribution >= 0.6 is 0 Å². The molecule has 0 saturated carbocycles. The van der Waals surface area contributed by atoms with Crippen molar-refractivity contribution in [3.05, 3.63) is 116 Å². The number of amidine groups is 1. The van der Waals surface area contributed by atoms with Crippen LogP contribution in [0, 0.1) is 6.92 Å². The first-order valence-electron chi connectivity index (χ1n) is 27.9. The van der Waals surface area contributed by atoms with E-state index < -0.39 is 11.2 Å². The van der Waals surface area contributed by atoms with Gasteiger partial charge in [0.1, 0.15) is 46.0 Å². The summed E-state index contributed by atoms with van der Waals surface area (Å²) in [7, 11) is 0.